The quantitative estimate of drug-likeness (QED) is 0.453. The molecule has 0 saturated carbocycles. The van der Waals surface area contributed by atoms with Crippen molar-refractivity contribution in [3.8, 4) is 11.5 Å². The average Bonchev–Trinajstić information content (AvgIpc) is 3.52. The Balaban J connectivity index is 1.47. The number of hydrogen-bond donors (Lipinski definition) is 1. The molecule has 1 N–H and O–H groups in total. The molecule has 6 nitrogen and oxygen atoms in total. The van der Waals surface area contributed by atoms with Crippen LogP contribution in [0, 0.1) is 0 Å². The van der Waals surface area contributed by atoms with Crippen molar-refractivity contribution in [2.75, 3.05) is 13.1 Å². The number of nitrogens with zero attached hydrogens (tertiary/aromatic N) is 5. The second-order valence-corrected chi connectivity index (χ2v) is 10.7. The highest BCUT2D eigenvalue weighted by Gasteiger charge is 2.51. The number of hydrogen-bond acceptors (Lipinski definition) is 5. The summed E-state index contributed by atoms with van der Waals surface area (Å²) in [5.74, 6) is 0.429. The molecule has 1 aromatic carbocycles. The highest BCUT2D eigenvalue weighted by Crippen LogP contribution is 2.43. The van der Waals surface area contributed by atoms with Crippen molar-refractivity contribution < 1.29 is 13.2 Å². The summed E-state index contributed by atoms with van der Waals surface area (Å²) in [7, 11) is 0. The summed E-state index contributed by atoms with van der Waals surface area (Å²) in [5, 5.41) is 12.8. The summed E-state index contributed by atoms with van der Waals surface area (Å²) in [5.41, 5.74) is 3.09. The van der Waals surface area contributed by atoms with Gasteiger partial charge in [-0.25, -0.2) is 4.98 Å². The van der Waals surface area contributed by atoms with E-state index >= 15 is 0 Å². The van der Waals surface area contributed by atoms with Crippen LogP contribution >= 0.6 is 0 Å². The number of alkyl halides is 3. The Morgan fingerprint density at radius 2 is 1.86 bits per heavy atom. The predicted octanol–water partition coefficient (Wildman–Crippen LogP) is 4.89. The summed E-state index contributed by atoms with van der Waals surface area (Å²) >= 11 is 0. The van der Waals surface area contributed by atoms with E-state index in [-0.39, 0.29) is 23.1 Å². The number of halogens is 3. The molecular formula is C26H27F3N6. The molecule has 0 radical (unpaired) electrons. The highest BCUT2D eigenvalue weighted by molar-refractivity contribution is 5.84. The van der Waals surface area contributed by atoms with Gasteiger partial charge in [0.15, 0.2) is 11.5 Å². The van der Waals surface area contributed by atoms with Crippen molar-refractivity contribution in [1.82, 2.24) is 29.8 Å². The predicted molar refractivity (Wildman–Crippen MR) is 128 cm³/mol. The fourth-order valence-corrected chi connectivity index (χ4v) is 5.60. The van der Waals surface area contributed by atoms with Crippen LogP contribution in [0.5, 0.6) is 0 Å². The lowest BCUT2D eigenvalue weighted by Gasteiger charge is -2.36. The zero-order chi connectivity index (χ0) is 24.5. The molecule has 0 aliphatic carbocycles. The van der Waals surface area contributed by atoms with E-state index in [1.54, 1.807) is 15.4 Å². The molecule has 2 fully saturated rings. The van der Waals surface area contributed by atoms with E-state index in [0.29, 0.717) is 30.3 Å². The average molecular weight is 481 g/mol. The standard InChI is InChI=1S/C26H27F3N6/c1-25(2,3)19-6-4-5-15-7-9-20(31-22(15)19)24-33-32-21-10-8-16(13-35(21)24)23(26(27,28)29)34-14-17-11-18(34)12-30-17/h4-10,13,17-18,23,30H,11-12,14H2,1-3H3/t17-,18-,23+/m0/s1. The highest BCUT2D eigenvalue weighted by atomic mass is 19.4. The van der Waals surface area contributed by atoms with Gasteiger partial charge in [0.1, 0.15) is 11.7 Å². The van der Waals surface area contributed by atoms with Gasteiger partial charge in [-0.15, -0.1) is 10.2 Å². The Morgan fingerprint density at radius 3 is 2.54 bits per heavy atom. The maximum atomic E-state index is 14.3. The van der Waals surface area contributed by atoms with Gasteiger partial charge < -0.3 is 5.32 Å². The van der Waals surface area contributed by atoms with Crippen LogP contribution in [0.2, 0.25) is 0 Å². The van der Waals surface area contributed by atoms with Crippen LogP contribution < -0.4 is 5.32 Å². The smallest absolute Gasteiger partial charge is 0.311 e. The second kappa shape index (κ2) is 7.73. The van der Waals surface area contributed by atoms with Crippen molar-refractivity contribution in [2.24, 2.45) is 0 Å². The Bertz CT molecular complexity index is 1420. The van der Waals surface area contributed by atoms with Crippen LogP contribution in [0.15, 0.2) is 48.7 Å². The van der Waals surface area contributed by atoms with Crippen molar-refractivity contribution >= 4 is 16.6 Å². The van der Waals surface area contributed by atoms with Crippen LogP contribution in [-0.4, -0.2) is 55.8 Å². The van der Waals surface area contributed by atoms with Gasteiger partial charge in [-0.2, -0.15) is 13.2 Å². The van der Waals surface area contributed by atoms with Crippen LogP contribution in [0.25, 0.3) is 28.1 Å². The number of benzene rings is 1. The largest absolute Gasteiger partial charge is 0.408 e. The van der Waals surface area contributed by atoms with E-state index in [9.17, 15) is 13.2 Å². The Morgan fingerprint density at radius 1 is 1.03 bits per heavy atom. The summed E-state index contributed by atoms with van der Waals surface area (Å²) in [6, 6.07) is 11.4. The lowest BCUT2D eigenvalue weighted by Crippen LogP contribution is -2.49. The number of fused-ring (bicyclic) bond motifs is 4. The Kier molecular flexibility index (Phi) is 4.95. The monoisotopic (exact) mass is 480 g/mol. The lowest BCUT2D eigenvalue weighted by atomic mass is 9.85. The molecule has 4 aromatic rings. The van der Waals surface area contributed by atoms with E-state index in [1.165, 1.54) is 12.3 Å². The topological polar surface area (TPSA) is 58.4 Å². The van der Waals surface area contributed by atoms with Gasteiger partial charge >= 0.3 is 6.18 Å². The number of para-hydroxylation sites is 1. The van der Waals surface area contributed by atoms with E-state index in [2.05, 4.69) is 42.4 Å². The Hall–Kier alpha value is -3.04. The van der Waals surface area contributed by atoms with Gasteiger partial charge in [-0.3, -0.25) is 9.30 Å². The summed E-state index contributed by atoms with van der Waals surface area (Å²) in [6.45, 7) is 7.38. The molecule has 9 heteroatoms. The SMILES string of the molecule is CC(C)(C)c1cccc2ccc(-c3nnc4ccc([C@@H](N5C[C@@H]6C[C@H]5CN6)C(F)(F)F)cn34)nc12. The number of nitrogens with one attached hydrogen (secondary N) is 1. The minimum absolute atomic E-state index is 0.110. The maximum absolute atomic E-state index is 14.3. The molecule has 2 aliphatic heterocycles. The van der Waals surface area contributed by atoms with E-state index in [1.807, 2.05) is 24.3 Å². The minimum Gasteiger partial charge on any atom is -0.311 e. The first-order valence-corrected chi connectivity index (χ1v) is 11.9. The lowest BCUT2D eigenvalue weighted by molar-refractivity contribution is -0.190. The summed E-state index contributed by atoms with van der Waals surface area (Å²) < 4.78 is 44.7. The molecule has 0 unspecified atom stereocenters. The van der Waals surface area contributed by atoms with E-state index in [4.69, 9.17) is 4.98 Å². The van der Waals surface area contributed by atoms with Gasteiger partial charge in [0.05, 0.1) is 5.52 Å². The van der Waals surface area contributed by atoms with Crippen molar-refractivity contribution in [1.29, 1.82) is 0 Å². The van der Waals surface area contributed by atoms with Gasteiger partial charge in [0, 0.05) is 36.8 Å². The van der Waals surface area contributed by atoms with Crippen molar-refractivity contribution in [2.45, 2.75) is 56.9 Å². The number of piperazine rings is 1. The van der Waals surface area contributed by atoms with E-state index < -0.39 is 12.2 Å². The normalized spacial score (nSPS) is 21.9. The zero-order valence-corrected chi connectivity index (χ0v) is 19.8. The maximum Gasteiger partial charge on any atom is 0.408 e. The van der Waals surface area contributed by atoms with Gasteiger partial charge in [-0.1, -0.05) is 51.1 Å². The third-order valence-electron chi connectivity index (χ3n) is 7.24. The van der Waals surface area contributed by atoms with Crippen LogP contribution in [-0.2, 0) is 5.41 Å². The molecule has 2 aliphatic rings. The molecule has 5 heterocycles. The molecule has 3 aromatic heterocycles. The first-order chi connectivity index (χ1) is 16.6. The number of likely N-dealkylation sites (tertiary alicyclic amines) is 1. The van der Waals surface area contributed by atoms with Gasteiger partial charge in [0.25, 0.3) is 0 Å². The molecule has 2 saturated heterocycles. The van der Waals surface area contributed by atoms with Crippen molar-refractivity contribution in [3.63, 3.8) is 0 Å². The minimum atomic E-state index is -4.39. The molecule has 35 heavy (non-hydrogen) atoms. The molecule has 0 amide bonds. The number of aromatic nitrogens is 4. The van der Waals surface area contributed by atoms with Gasteiger partial charge in [-0.05, 0) is 35.1 Å². The third-order valence-corrected chi connectivity index (χ3v) is 7.24. The van der Waals surface area contributed by atoms with Crippen molar-refractivity contribution in [3.05, 3.63) is 59.8 Å². The fourth-order valence-electron chi connectivity index (χ4n) is 5.60. The first-order valence-electron chi connectivity index (χ1n) is 11.9. The third kappa shape index (κ3) is 3.77. The molecule has 6 rings (SSSR count). The van der Waals surface area contributed by atoms with Gasteiger partial charge in [0.2, 0.25) is 0 Å². The zero-order valence-electron chi connectivity index (χ0n) is 19.8. The fraction of sp³-hybridized carbons (Fsp3) is 0.423. The van der Waals surface area contributed by atoms with Crippen LogP contribution in [0.1, 0.15) is 44.4 Å². The summed E-state index contributed by atoms with van der Waals surface area (Å²) in [6.07, 6.45) is -2.11. The molecular weight excluding hydrogens is 453 g/mol. The number of rotatable bonds is 3. The van der Waals surface area contributed by atoms with E-state index in [0.717, 1.165) is 22.9 Å². The molecule has 0 spiro atoms. The number of pyridine rings is 2. The molecule has 3 atom stereocenters. The van der Waals surface area contributed by atoms with Crippen LogP contribution in [0.4, 0.5) is 13.2 Å². The Labute approximate surface area is 201 Å². The van der Waals surface area contributed by atoms with Crippen LogP contribution in [0.3, 0.4) is 0 Å². The summed E-state index contributed by atoms with van der Waals surface area (Å²) in [4.78, 5) is 6.50. The second-order valence-electron chi connectivity index (χ2n) is 10.7. The first kappa shape index (κ1) is 22.4. The molecule has 2 bridgehead atoms. The molecule has 182 valence electrons.